The number of fused-ring (bicyclic) bond motifs is 1. The van der Waals surface area contributed by atoms with Gasteiger partial charge in [0.1, 0.15) is 5.75 Å². The maximum absolute atomic E-state index is 13.0. The molecule has 1 N–H and O–H groups in total. The number of carbonyl (C=O) groups is 1. The van der Waals surface area contributed by atoms with E-state index in [1.165, 1.54) is 5.56 Å². The molecule has 1 unspecified atom stereocenters. The van der Waals surface area contributed by atoms with Gasteiger partial charge in [-0.2, -0.15) is 5.10 Å². The fourth-order valence-electron chi connectivity index (χ4n) is 3.41. The Balaban J connectivity index is 1.75. The third kappa shape index (κ3) is 2.89. The highest BCUT2D eigenvalue weighted by molar-refractivity contribution is 5.94. The maximum Gasteiger partial charge on any atom is 0.257 e. The first-order chi connectivity index (χ1) is 12.3. The number of H-pyrrole nitrogens is 1. The lowest BCUT2D eigenvalue weighted by Crippen LogP contribution is -2.38. The number of nitrogens with one attached hydrogen (secondary N) is 1. The number of benzene rings is 2. The van der Waals surface area contributed by atoms with E-state index in [2.05, 4.69) is 28.4 Å². The van der Waals surface area contributed by atoms with Crippen LogP contribution in [-0.4, -0.2) is 28.1 Å². The molecule has 0 fully saturated rings. The van der Waals surface area contributed by atoms with Crippen molar-refractivity contribution in [2.45, 2.75) is 19.0 Å². The molecule has 25 heavy (non-hydrogen) atoms. The molecule has 0 saturated carbocycles. The van der Waals surface area contributed by atoms with Crippen LogP contribution in [0.25, 0.3) is 0 Å². The van der Waals surface area contributed by atoms with E-state index in [-0.39, 0.29) is 11.9 Å². The fraction of sp³-hybridized carbons (Fsp3) is 0.200. The van der Waals surface area contributed by atoms with Crippen LogP contribution in [0.1, 0.15) is 33.1 Å². The summed E-state index contributed by atoms with van der Waals surface area (Å²) in [4.78, 5) is 15.0. The summed E-state index contributed by atoms with van der Waals surface area (Å²) in [6, 6.07) is 16.3. The number of ether oxygens (including phenoxy) is 1. The molecule has 2 aromatic carbocycles. The van der Waals surface area contributed by atoms with Gasteiger partial charge in [0.25, 0.3) is 5.91 Å². The molecule has 1 amide bonds. The molecular formula is C20H19N3O2. The number of aromatic nitrogens is 2. The van der Waals surface area contributed by atoms with Gasteiger partial charge in [-0.05, 0) is 35.2 Å². The zero-order chi connectivity index (χ0) is 17.2. The second-order valence-corrected chi connectivity index (χ2v) is 6.19. The summed E-state index contributed by atoms with van der Waals surface area (Å²) in [5, 5.41) is 6.64. The van der Waals surface area contributed by atoms with Crippen molar-refractivity contribution in [3.63, 3.8) is 0 Å². The van der Waals surface area contributed by atoms with E-state index in [0.717, 1.165) is 23.3 Å². The minimum atomic E-state index is -0.0175. The Morgan fingerprint density at radius 1 is 1.20 bits per heavy atom. The number of aromatic amines is 1. The number of nitrogens with zero attached hydrogens (tertiary/aromatic N) is 2. The standard InChI is InChI=1S/C20H19N3O2/c1-25-18-8-7-15-10-19(14-5-3-2-4-6-14)23(13-16(15)9-18)20(24)17-11-21-22-12-17/h2-9,11-12,19H,10,13H2,1H3,(H,21,22). The van der Waals surface area contributed by atoms with Gasteiger partial charge in [-0.25, -0.2) is 0 Å². The monoisotopic (exact) mass is 333 g/mol. The van der Waals surface area contributed by atoms with Crippen molar-refractivity contribution >= 4 is 5.91 Å². The van der Waals surface area contributed by atoms with Crippen LogP contribution in [0.15, 0.2) is 60.9 Å². The summed E-state index contributed by atoms with van der Waals surface area (Å²) in [6.07, 6.45) is 4.00. The highest BCUT2D eigenvalue weighted by atomic mass is 16.5. The predicted molar refractivity (Wildman–Crippen MR) is 94.3 cm³/mol. The lowest BCUT2D eigenvalue weighted by atomic mass is 9.89. The summed E-state index contributed by atoms with van der Waals surface area (Å²) in [5.74, 6) is 0.795. The first kappa shape index (κ1) is 15.4. The van der Waals surface area contributed by atoms with E-state index in [0.29, 0.717) is 12.1 Å². The molecule has 0 radical (unpaired) electrons. The van der Waals surface area contributed by atoms with Gasteiger partial charge in [-0.1, -0.05) is 36.4 Å². The molecule has 4 rings (SSSR count). The largest absolute Gasteiger partial charge is 0.497 e. The molecule has 1 atom stereocenters. The van der Waals surface area contributed by atoms with E-state index >= 15 is 0 Å². The molecule has 5 heteroatoms. The van der Waals surface area contributed by atoms with Crippen LogP contribution < -0.4 is 4.74 Å². The number of hydrogen-bond acceptors (Lipinski definition) is 3. The zero-order valence-corrected chi connectivity index (χ0v) is 14.0. The number of hydrogen-bond donors (Lipinski definition) is 1. The van der Waals surface area contributed by atoms with Crippen molar-refractivity contribution in [1.82, 2.24) is 15.1 Å². The van der Waals surface area contributed by atoms with Gasteiger partial charge in [0.05, 0.1) is 24.9 Å². The van der Waals surface area contributed by atoms with Crippen molar-refractivity contribution in [2.75, 3.05) is 7.11 Å². The minimum absolute atomic E-state index is 0.00416. The second-order valence-electron chi connectivity index (χ2n) is 6.19. The van der Waals surface area contributed by atoms with Crippen LogP contribution in [0.3, 0.4) is 0 Å². The Labute approximate surface area is 146 Å². The average Bonchev–Trinajstić information content (AvgIpc) is 3.21. The first-order valence-corrected chi connectivity index (χ1v) is 8.27. The highest BCUT2D eigenvalue weighted by Crippen LogP contribution is 2.35. The Bertz CT molecular complexity index is 875. The Hall–Kier alpha value is -3.08. The molecule has 1 aliphatic rings. The van der Waals surface area contributed by atoms with Crippen LogP contribution in [0.4, 0.5) is 0 Å². The maximum atomic E-state index is 13.0. The third-order valence-electron chi connectivity index (χ3n) is 4.73. The van der Waals surface area contributed by atoms with E-state index in [4.69, 9.17) is 4.74 Å². The Morgan fingerprint density at radius 2 is 2.04 bits per heavy atom. The molecule has 3 aromatic rings. The van der Waals surface area contributed by atoms with Gasteiger partial charge in [0.2, 0.25) is 0 Å². The first-order valence-electron chi connectivity index (χ1n) is 8.27. The summed E-state index contributed by atoms with van der Waals surface area (Å²) in [5.41, 5.74) is 4.10. The lowest BCUT2D eigenvalue weighted by Gasteiger charge is -2.37. The number of amides is 1. The second kappa shape index (κ2) is 6.43. The van der Waals surface area contributed by atoms with Crippen LogP contribution in [-0.2, 0) is 13.0 Å². The van der Waals surface area contributed by atoms with Gasteiger partial charge in [-0.3, -0.25) is 9.89 Å². The summed E-state index contributed by atoms with van der Waals surface area (Å²) in [6.45, 7) is 0.552. The topological polar surface area (TPSA) is 58.2 Å². The van der Waals surface area contributed by atoms with Crippen molar-refractivity contribution in [1.29, 1.82) is 0 Å². The van der Waals surface area contributed by atoms with E-state index < -0.39 is 0 Å². The summed E-state index contributed by atoms with van der Waals surface area (Å²) < 4.78 is 5.34. The quantitative estimate of drug-likeness (QED) is 0.799. The zero-order valence-electron chi connectivity index (χ0n) is 14.0. The molecular weight excluding hydrogens is 314 g/mol. The van der Waals surface area contributed by atoms with E-state index in [1.54, 1.807) is 19.5 Å². The molecule has 0 saturated heterocycles. The minimum Gasteiger partial charge on any atom is -0.497 e. The Morgan fingerprint density at radius 3 is 2.76 bits per heavy atom. The molecule has 0 aliphatic carbocycles. The van der Waals surface area contributed by atoms with Crippen molar-refractivity contribution in [3.05, 3.63) is 83.2 Å². The van der Waals surface area contributed by atoms with Crippen LogP contribution in [0, 0.1) is 0 Å². The van der Waals surface area contributed by atoms with E-state index in [9.17, 15) is 4.79 Å². The normalized spacial score (nSPS) is 16.4. The SMILES string of the molecule is COc1ccc2c(c1)CN(C(=O)c1cn[nH]c1)C(c1ccccc1)C2. The van der Waals surface area contributed by atoms with Crippen molar-refractivity contribution < 1.29 is 9.53 Å². The fourth-order valence-corrected chi connectivity index (χ4v) is 3.41. The number of rotatable bonds is 3. The van der Waals surface area contributed by atoms with Gasteiger partial charge in [0, 0.05) is 12.7 Å². The molecule has 2 heterocycles. The molecule has 126 valence electrons. The smallest absolute Gasteiger partial charge is 0.257 e. The summed E-state index contributed by atoms with van der Waals surface area (Å²) >= 11 is 0. The van der Waals surface area contributed by atoms with Crippen molar-refractivity contribution in [2.24, 2.45) is 0 Å². The molecule has 5 nitrogen and oxygen atoms in total. The molecule has 0 spiro atoms. The van der Waals surface area contributed by atoms with Crippen LogP contribution in [0.2, 0.25) is 0 Å². The van der Waals surface area contributed by atoms with Crippen LogP contribution in [0.5, 0.6) is 5.75 Å². The Kier molecular flexibility index (Phi) is 3.98. The number of methoxy groups -OCH3 is 1. The predicted octanol–water partition coefficient (Wildman–Crippen LogP) is 3.36. The van der Waals surface area contributed by atoms with Gasteiger partial charge < -0.3 is 9.64 Å². The lowest BCUT2D eigenvalue weighted by molar-refractivity contribution is 0.0637. The third-order valence-corrected chi connectivity index (χ3v) is 4.73. The highest BCUT2D eigenvalue weighted by Gasteiger charge is 2.32. The van der Waals surface area contributed by atoms with Crippen LogP contribution >= 0.6 is 0 Å². The van der Waals surface area contributed by atoms with Crippen molar-refractivity contribution in [3.8, 4) is 5.75 Å². The van der Waals surface area contributed by atoms with E-state index in [1.807, 2.05) is 35.2 Å². The number of carbonyl (C=O) groups excluding carboxylic acids is 1. The molecule has 0 bridgehead atoms. The molecule has 1 aromatic heterocycles. The van der Waals surface area contributed by atoms with Gasteiger partial charge in [0.15, 0.2) is 0 Å². The summed E-state index contributed by atoms with van der Waals surface area (Å²) in [7, 11) is 1.66. The van der Waals surface area contributed by atoms with Gasteiger partial charge in [-0.15, -0.1) is 0 Å². The average molecular weight is 333 g/mol. The molecule has 1 aliphatic heterocycles. The van der Waals surface area contributed by atoms with Gasteiger partial charge >= 0.3 is 0 Å².